The van der Waals surface area contributed by atoms with Gasteiger partial charge in [-0.1, -0.05) is 0 Å². The van der Waals surface area contributed by atoms with Crippen molar-refractivity contribution >= 4 is 35.9 Å². The summed E-state index contributed by atoms with van der Waals surface area (Å²) < 4.78 is 20.2. The van der Waals surface area contributed by atoms with Crippen molar-refractivity contribution in [1.29, 1.82) is 0 Å². The maximum absolute atomic E-state index is 12.9. The maximum atomic E-state index is 12.9. The summed E-state index contributed by atoms with van der Waals surface area (Å²) in [4.78, 5) is 73.4. The third-order valence-corrected chi connectivity index (χ3v) is 4.87. The van der Waals surface area contributed by atoms with E-state index in [2.05, 4.69) is 21.3 Å². The van der Waals surface area contributed by atoms with Crippen molar-refractivity contribution in [3.8, 4) is 0 Å². The molecule has 14 nitrogen and oxygen atoms in total. The van der Waals surface area contributed by atoms with Crippen LogP contribution < -0.4 is 21.3 Å². The summed E-state index contributed by atoms with van der Waals surface area (Å²) in [5.41, 5.74) is -1.43. The molecule has 4 amide bonds. The van der Waals surface area contributed by atoms with Crippen molar-refractivity contribution in [2.45, 2.75) is 111 Å². The second-order valence-electron chi connectivity index (χ2n) is 11.1. The maximum Gasteiger partial charge on any atom is 0.408 e. The Balaban J connectivity index is 5.08. The van der Waals surface area contributed by atoms with Crippen LogP contribution in [0.4, 0.5) is 9.59 Å². The molecule has 236 valence electrons. The summed E-state index contributed by atoms with van der Waals surface area (Å²) in [6.07, 6.45) is -0.418. The smallest absolute Gasteiger partial charge is 0.408 e. The van der Waals surface area contributed by atoms with Gasteiger partial charge in [-0.05, 0) is 81.1 Å². The Kier molecular flexibility index (Phi) is 17.1. The van der Waals surface area contributed by atoms with Gasteiger partial charge < -0.3 is 40.2 Å². The summed E-state index contributed by atoms with van der Waals surface area (Å²) in [5.74, 6) is -2.59. The first kappa shape index (κ1) is 37.4. The minimum atomic E-state index is -1.11. The molecule has 0 radical (unpaired) electrons. The zero-order valence-electron chi connectivity index (χ0n) is 25.6. The molecule has 14 heteroatoms. The fourth-order valence-electron chi connectivity index (χ4n) is 3.22. The van der Waals surface area contributed by atoms with Gasteiger partial charge in [0.1, 0.15) is 23.3 Å². The summed E-state index contributed by atoms with van der Waals surface area (Å²) >= 11 is 0. The minimum absolute atomic E-state index is 0.0441. The number of hydrogen-bond donors (Lipinski definition) is 4. The van der Waals surface area contributed by atoms with Crippen LogP contribution in [0, 0.1) is 0 Å². The van der Waals surface area contributed by atoms with E-state index in [0.717, 1.165) is 0 Å². The van der Waals surface area contributed by atoms with Gasteiger partial charge in [-0.25, -0.2) is 14.4 Å². The van der Waals surface area contributed by atoms with E-state index in [1.807, 2.05) is 0 Å². The molecule has 0 heterocycles. The van der Waals surface area contributed by atoms with Crippen LogP contribution in [-0.2, 0) is 38.1 Å². The third-order valence-electron chi connectivity index (χ3n) is 4.87. The molecule has 0 aliphatic rings. The Morgan fingerprint density at radius 3 is 1.83 bits per heavy atom. The number of rotatable bonds is 16. The van der Waals surface area contributed by atoms with Gasteiger partial charge in [-0.2, -0.15) is 0 Å². The minimum Gasteiger partial charge on any atom is -0.466 e. The molecule has 2 unspecified atom stereocenters. The highest BCUT2D eigenvalue weighted by atomic mass is 16.6. The number of alkyl carbamates (subject to hydrolysis) is 2. The lowest BCUT2D eigenvalue weighted by Crippen LogP contribution is -2.51. The van der Waals surface area contributed by atoms with Gasteiger partial charge in [0.15, 0.2) is 0 Å². The topological polar surface area (TPSA) is 187 Å². The van der Waals surface area contributed by atoms with Crippen molar-refractivity contribution in [1.82, 2.24) is 21.3 Å². The molecule has 2 atom stereocenters. The molecule has 0 bridgehead atoms. The summed E-state index contributed by atoms with van der Waals surface area (Å²) in [5, 5.41) is 10.0. The predicted octanol–water partition coefficient (Wildman–Crippen LogP) is 2.08. The van der Waals surface area contributed by atoms with Crippen molar-refractivity contribution < 1.29 is 47.7 Å². The molecule has 0 aromatic heterocycles. The fourth-order valence-corrected chi connectivity index (χ4v) is 3.22. The lowest BCUT2D eigenvalue weighted by molar-refractivity contribution is -0.148. The second kappa shape index (κ2) is 18.7. The Hall–Kier alpha value is -3.58. The number of esters is 2. The van der Waals surface area contributed by atoms with Gasteiger partial charge in [-0.15, -0.1) is 0 Å². The van der Waals surface area contributed by atoms with Crippen LogP contribution in [0.5, 0.6) is 0 Å². The SMILES string of the molecule is CCOC(=O)CCC(NC(=O)CNC(=O)C(CCCCNC(=O)OC(C)(C)C)NC(=O)OC(C)(C)C)C(=O)OCC. The summed E-state index contributed by atoms with van der Waals surface area (Å²) in [6, 6.07) is -2.15. The highest BCUT2D eigenvalue weighted by Gasteiger charge is 2.26. The van der Waals surface area contributed by atoms with Crippen LogP contribution in [0.2, 0.25) is 0 Å². The highest BCUT2D eigenvalue weighted by Crippen LogP contribution is 2.09. The van der Waals surface area contributed by atoms with Crippen LogP contribution in [-0.4, -0.2) is 85.5 Å². The van der Waals surface area contributed by atoms with Gasteiger partial charge in [0.25, 0.3) is 0 Å². The second-order valence-corrected chi connectivity index (χ2v) is 11.1. The van der Waals surface area contributed by atoms with Crippen molar-refractivity contribution in [2.24, 2.45) is 0 Å². The zero-order valence-corrected chi connectivity index (χ0v) is 25.6. The van der Waals surface area contributed by atoms with Crippen LogP contribution in [0.25, 0.3) is 0 Å². The molecule has 41 heavy (non-hydrogen) atoms. The van der Waals surface area contributed by atoms with Gasteiger partial charge >= 0.3 is 24.1 Å². The first-order valence-corrected chi connectivity index (χ1v) is 13.8. The molecular weight excluding hydrogens is 540 g/mol. The van der Waals surface area contributed by atoms with Crippen molar-refractivity contribution in [3.05, 3.63) is 0 Å². The van der Waals surface area contributed by atoms with Gasteiger partial charge in [0.2, 0.25) is 11.8 Å². The van der Waals surface area contributed by atoms with E-state index in [1.54, 1.807) is 55.4 Å². The molecule has 0 spiro atoms. The third kappa shape index (κ3) is 20.0. The van der Waals surface area contributed by atoms with Gasteiger partial charge in [-0.3, -0.25) is 14.4 Å². The van der Waals surface area contributed by atoms with E-state index in [-0.39, 0.29) is 32.5 Å². The number of nitrogens with one attached hydrogen (secondary N) is 4. The number of hydrogen-bond acceptors (Lipinski definition) is 10. The normalized spacial score (nSPS) is 12.7. The molecule has 0 saturated carbocycles. The monoisotopic (exact) mass is 588 g/mol. The Labute approximate surface area is 242 Å². The molecule has 0 rings (SSSR count). The Bertz CT molecular complexity index is 880. The average Bonchev–Trinajstić information content (AvgIpc) is 2.82. The highest BCUT2D eigenvalue weighted by molar-refractivity contribution is 5.91. The first-order chi connectivity index (χ1) is 19.0. The number of carbonyl (C=O) groups excluding carboxylic acids is 6. The van der Waals surface area contributed by atoms with E-state index in [0.29, 0.717) is 19.4 Å². The number of amides is 4. The quantitative estimate of drug-likeness (QED) is 0.118. The molecule has 4 N–H and O–H groups in total. The van der Waals surface area contributed by atoms with Crippen LogP contribution in [0.3, 0.4) is 0 Å². The predicted molar refractivity (Wildman–Crippen MR) is 149 cm³/mol. The molecule has 0 saturated heterocycles. The molecule has 0 aliphatic heterocycles. The molecule has 0 aromatic carbocycles. The lowest BCUT2D eigenvalue weighted by atomic mass is 10.1. The number of unbranched alkanes of at least 4 members (excludes halogenated alkanes) is 1. The summed E-state index contributed by atoms with van der Waals surface area (Å²) in [6.45, 7) is 13.6. The molecular formula is C27H48N4O10. The zero-order chi connectivity index (χ0) is 31.6. The van der Waals surface area contributed by atoms with Crippen molar-refractivity contribution in [2.75, 3.05) is 26.3 Å². The van der Waals surface area contributed by atoms with Gasteiger partial charge in [0.05, 0.1) is 19.8 Å². The van der Waals surface area contributed by atoms with E-state index < -0.39 is 65.8 Å². The van der Waals surface area contributed by atoms with Crippen LogP contribution in [0.15, 0.2) is 0 Å². The Morgan fingerprint density at radius 1 is 0.683 bits per heavy atom. The van der Waals surface area contributed by atoms with Crippen molar-refractivity contribution in [3.63, 3.8) is 0 Å². The van der Waals surface area contributed by atoms with Crippen LogP contribution in [0.1, 0.15) is 87.5 Å². The van der Waals surface area contributed by atoms with E-state index in [9.17, 15) is 28.8 Å². The Morgan fingerprint density at radius 2 is 1.27 bits per heavy atom. The molecule has 0 aliphatic carbocycles. The van der Waals surface area contributed by atoms with Gasteiger partial charge in [0, 0.05) is 13.0 Å². The molecule has 0 aromatic rings. The number of carbonyl (C=O) groups is 6. The molecule has 0 fully saturated rings. The fraction of sp³-hybridized carbons (Fsp3) is 0.778. The first-order valence-electron chi connectivity index (χ1n) is 13.8. The average molecular weight is 589 g/mol. The summed E-state index contributed by atoms with van der Waals surface area (Å²) in [7, 11) is 0. The standard InChI is InChI=1S/C27H48N4O10/c1-9-38-21(33)15-14-19(23(35)39-10-2)30-20(32)17-29-22(34)18(31-25(37)41-27(6,7)8)13-11-12-16-28-24(36)40-26(3,4)5/h18-19H,9-17H2,1-8H3,(H,28,36)(H,29,34)(H,30,32)(H,31,37). The van der Waals surface area contributed by atoms with E-state index in [1.165, 1.54) is 0 Å². The van der Waals surface area contributed by atoms with Crippen LogP contribution >= 0.6 is 0 Å². The van der Waals surface area contributed by atoms with E-state index in [4.69, 9.17) is 18.9 Å². The van der Waals surface area contributed by atoms with E-state index >= 15 is 0 Å². The number of ether oxygens (including phenoxy) is 4. The largest absolute Gasteiger partial charge is 0.466 e. The lowest BCUT2D eigenvalue weighted by Gasteiger charge is -2.23.